The molecule has 3 aliphatic rings. The molecule has 39 heavy (non-hydrogen) atoms. The lowest BCUT2D eigenvalue weighted by molar-refractivity contribution is -0.119. The summed E-state index contributed by atoms with van der Waals surface area (Å²) in [5.74, 6) is -4.32. The molecule has 1 fully saturated rings. The Hall–Kier alpha value is -2.73. The first-order valence-electron chi connectivity index (χ1n) is 12.5. The Labute approximate surface area is 231 Å². The van der Waals surface area contributed by atoms with E-state index in [9.17, 15) is 17.8 Å². The second-order valence-corrected chi connectivity index (χ2v) is 12.1. The highest BCUT2D eigenvalue weighted by atomic mass is 35.5. The van der Waals surface area contributed by atoms with E-state index in [2.05, 4.69) is 5.16 Å². The summed E-state index contributed by atoms with van der Waals surface area (Å²) in [5, 5.41) is 4.69. The maximum atomic E-state index is 15.5. The van der Waals surface area contributed by atoms with Crippen LogP contribution in [-0.4, -0.2) is 58.6 Å². The van der Waals surface area contributed by atoms with Crippen molar-refractivity contribution in [2.45, 2.75) is 42.7 Å². The zero-order valence-corrected chi connectivity index (χ0v) is 22.8. The molecule has 2 unspecified atom stereocenters. The highest BCUT2D eigenvalue weighted by molar-refractivity contribution is 7.85. The van der Waals surface area contributed by atoms with Crippen molar-refractivity contribution >= 4 is 39.7 Å². The molecule has 12 heteroatoms. The van der Waals surface area contributed by atoms with E-state index in [0.717, 1.165) is 11.6 Å². The number of oxime groups is 1. The predicted octanol–water partition coefficient (Wildman–Crippen LogP) is 4.45. The second kappa shape index (κ2) is 11.0. The summed E-state index contributed by atoms with van der Waals surface area (Å²) in [6.45, 7) is 0.187. The van der Waals surface area contributed by atoms with Gasteiger partial charge in [0.25, 0.3) is 5.92 Å². The third kappa shape index (κ3) is 6.06. The number of allylic oxidation sites excluding steroid dienone is 1. The number of fused-ring (bicyclic) bond motifs is 1. The molecule has 2 N–H and O–H groups in total. The number of amides is 1. The molecule has 2 aromatic rings. The quantitative estimate of drug-likeness (QED) is 0.577. The van der Waals surface area contributed by atoms with Crippen LogP contribution in [0, 0.1) is 11.7 Å². The summed E-state index contributed by atoms with van der Waals surface area (Å²) in [6, 6.07) is 8.47. The molecular weight excluding hydrogens is 553 g/mol. The third-order valence-electron chi connectivity index (χ3n) is 7.03. The van der Waals surface area contributed by atoms with Crippen LogP contribution in [0.3, 0.4) is 0 Å². The van der Waals surface area contributed by atoms with Crippen molar-refractivity contribution in [3.05, 3.63) is 70.2 Å². The van der Waals surface area contributed by atoms with E-state index in [1.54, 1.807) is 42.3 Å². The monoisotopic (exact) mass is 580 g/mol. The molecule has 0 spiro atoms. The van der Waals surface area contributed by atoms with Crippen molar-refractivity contribution in [2.24, 2.45) is 16.8 Å². The van der Waals surface area contributed by atoms with E-state index < -0.39 is 40.4 Å². The standard InChI is InChI=1S/C27H28ClF3N4O3S/c1-34-13-17(11-27(30,31)15-34)24-4-2-3-22(33-38-24)19-9-23-25(10-20(19)29)39(37)14-21(32)26(36)35(23)12-16-5-7-18(28)8-6-16/h4-10,17,21H,2-3,11-15,32H2,1H3/t17?,21-,39?/m0/s1. The van der Waals surface area contributed by atoms with Gasteiger partial charge < -0.3 is 15.5 Å². The normalized spacial score (nSPS) is 25.6. The number of nitrogens with zero attached hydrogens (tertiary/aromatic N) is 3. The number of anilines is 1. The largest absolute Gasteiger partial charge is 0.361 e. The first kappa shape index (κ1) is 27.8. The number of nitrogens with two attached hydrogens (primary N) is 1. The van der Waals surface area contributed by atoms with E-state index in [1.807, 2.05) is 0 Å². The number of piperidine rings is 1. The van der Waals surface area contributed by atoms with Crippen LogP contribution in [0.5, 0.6) is 0 Å². The van der Waals surface area contributed by atoms with Gasteiger partial charge in [-0.1, -0.05) is 28.9 Å². The fourth-order valence-corrected chi connectivity index (χ4v) is 6.63. The van der Waals surface area contributed by atoms with Crippen molar-refractivity contribution in [3.63, 3.8) is 0 Å². The SMILES string of the molecule is CN1CC(C2=CCCC(c3cc4c(cc3F)S(=O)C[C@H](N)C(=O)N4Cc3ccc(Cl)cc3)=NO2)CC(F)(F)C1. The maximum Gasteiger partial charge on any atom is 0.261 e. The molecule has 3 atom stereocenters. The number of hydrogen-bond acceptors (Lipinski definition) is 6. The first-order chi connectivity index (χ1) is 18.5. The minimum Gasteiger partial charge on any atom is -0.361 e. The molecule has 3 aliphatic heterocycles. The van der Waals surface area contributed by atoms with Gasteiger partial charge in [0.15, 0.2) is 0 Å². The first-order valence-corrected chi connectivity index (χ1v) is 14.2. The lowest BCUT2D eigenvalue weighted by Gasteiger charge is -2.35. The van der Waals surface area contributed by atoms with E-state index >= 15 is 4.39 Å². The smallest absolute Gasteiger partial charge is 0.261 e. The van der Waals surface area contributed by atoms with Crippen molar-refractivity contribution in [1.82, 2.24) is 4.90 Å². The molecule has 0 saturated carbocycles. The molecule has 2 aromatic carbocycles. The number of alkyl halides is 2. The zero-order chi connectivity index (χ0) is 27.9. The number of benzene rings is 2. The van der Waals surface area contributed by atoms with Gasteiger partial charge in [-0.3, -0.25) is 13.9 Å². The third-order valence-corrected chi connectivity index (χ3v) is 8.76. The average molecular weight is 581 g/mol. The summed E-state index contributed by atoms with van der Waals surface area (Å²) in [4.78, 5) is 22.0. The highest BCUT2D eigenvalue weighted by Crippen LogP contribution is 2.36. The fourth-order valence-electron chi connectivity index (χ4n) is 5.22. The van der Waals surface area contributed by atoms with Crippen LogP contribution >= 0.6 is 11.6 Å². The Morgan fingerprint density at radius 2 is 2.00 bits per heavy atom. The van der Waals surface area contributed by atoms with Gasteiger partial charge in [-0.05, 0) is 55.8 Å². The van der Waals surface area contributed by atoms with Gasteiger partial charge in [0.05, 0.1) is 52.0 Å². The minimum absolute atomic E-state index is 0.0795. The molecule has 208 valence electrons. The number of carbonyl (C=O) groups excluding carboxylic acids is 1. The van der Waals surface area contributed by atoms with Crippen molar-refractivity contribution in [2.75, 3.05) is 30.8 Å². The van der Waals surface area contributed by atoms with Crippen molar-refractivity contribution < 1.29 is 27.0 Å². The molecule has 0 aromatic heterocycles. The number of likely N-dealkylation sites (tertiary alicyclic amines) is 1. The fraction of sp³-hybridized carbons (Fsp3) is 0.407. The van der Waals surface area contributed by atoms with Crippen LogP contribution in [0.25, 0.3) is 0 Å². The van der Waals surface area contributed by atoms with Crippen LogP contribution in [0.4, 0.5) is 18.9 Å². The minimum atomic E-state index is -2.85. The van der Waals surface area contributed by atoms with Crippen molar-refractivity contribution in [3.8, 4) is 0 Å². The number of hydrogen-bond donors (Lipinski definition) is 1. The number of halogens is 4. The second-order valence-electron chi connectivity index (χ2n) is 10.2. The van der Waals surface area contributed by atoms with E-state index in [4.69, 9.17) is 22.2 Å². The Bertz CT molecular complexity index is 1370. The Morgan fingerprint density at radius 3 is 2.72 bits per heavy atom. The predicted molar refractivity (Wildman–Crippen MR) is 144 cm³/mol. The topological polar surface area (TPSA) is 88.2 Å². The lowest BCUT2D eigenvalue weighted by atomic mass is 9.93. The summed E-state index contributed by atoms with van der Waals surface area (Å²) < 4.78 is 56.8. The molecule has 7 nitrogen and oxygen atoms in total. The van der Waals surface area contributed by atoms with Crippen LogP contribution in [0.1, 0.15) is 30.4 Å². The number of carbonyl (C=O) groups is 1. The van der Waals surface area contributed by atoms with Gasteiger partial charge in [0, 0.05) is 29.5 Å². The van der Waals surface area contributed by atoms with Crippen LogP contribution < -0.4 is 10.6 Å². The molecule has 1 saturated heterocycles. The van der Waals surface area contributed by atoms with Crippen molar-refractivity contribution in [1.29, 1.82) is 0 Å². The zero-order valence-electron chi connectivity index (χ0n) is 21.2. The Balaban J connectivity index is 1.48. The van der Waals surface area contributed by atoms with Crippen LogP contribution in [0.15, 0.2) is 58.3 Å². The van der Waals surface area contributed by atoms with Gasteiger partial charge in [0.1, 0.15) is 11.6 Å². The molecule has 5 rings (SSSR count). The van der Waals surface area contributed by atoms with Crippen LogP contribution in [-0.2, 0) is 27.0 Å². The summed E-state index contributed by atoms with van der Waals surface area (Å²) in [6.07, 6.45) is 2.06. The van der Waals surface area contributed by atoms with Gasteiger partial charge in [0.2, 0.25) is 5.91 Å². The van der Waals surface area contributed by atoms with E-state index in [-0.39, 0.29) is 53.5 Å². The van der Waals surface area contributed by atoms with Gasteiger partial charge in [-0.15, -0.1) is 0 Å². The molecule has 0 aliphatic carbocycles. The molecule has 0 bridgehead atoms. The van der Waals surface area contributed by atoms with E-state index in [1.165, 1.54) is 11.0 Å². The maximum absolute atomic E-state index is 15.5. The van der Waals surface area contributed by atoms with Crippen LogP contribution in [0.2, 0.25) is 5.02 Å². The van der Waals surface area contributed by atoms with E-state index in [0.29, 0.717) is 23.7 Å². The Morgan fingerprint density at radius 1 is 1.26 bits per heavy atom. The summed E-state index contributed by atoms with van der Waals surface area (Å²) in [5.41, 5.74) is 7.43. The highest BCUT2D eigenvalue weighted by Gasteiger charge is 2.41. The van der Waals surface area contributed by atoms with Gasteiger partial charge in [-0.2, -0.15) is 0 Å². The van der Waals surface area contributed by atoms with Gasteiger partial charge >= 0.3 is 0 Å². The number of rotatable bonds is 4. The molecule has 1 amide bonds. The summed E-state index contributed by atoms with van der Waals surface area (Å²) in [7, 11) is -0.0893. The van der Waals surface area contributed by atoms with Gasteiger partial charge in [-0.25, -0.2) is 13.2 Å². The Kier molecular flexibility index (Phi) is 7.87. The molecule has 0 radical (unpaired) electrons. The molecular formula is C27H28ClF3N4O3S. The lowest BCUT2D eigenvalue weighted by Crippen LogP contribution is -2.45. The summed E-state index contributed by atoms with van der Waals surface area (Å²) >= 11 is 6.00. The molecule has 3 heterocycles. The average Bonchev–Trinajstić information content (AvgIpc) is 3.16.